The summed E-state index contributed by atoms with van der Waals surface area (Å²) in [5.74, 6) is 1.60. The van der Waals surface area contributed by atoms with E-state index in [9.17, 15) is 0 Å². The lowest BCUT2D eigenvalue weighted by atomic mass is 10.3. The van der Waals surface area contributed by atoms with Gasteiger partial charge in [0.05, 0.1) is 15.7 Å². The van der Waals surface area contributed by atoms with Crippen LogP contribution in [0.5, 0.6) is 0 Å². The molecule has 2 rings (SSSR count). The van der Waals surface area contributed by atoms with E-state index in [-0.39, 0.29) is 0 Å². The molecule has 5 heteroatoms. The smallest absolute Gasteiger partial charge is 0.126 e. The fraction of sp³-hybridized carbons (Fsp3) is 0.375. The molecule has 0 saturated heterocycles. The highest BCUT2D eigenvalue weighted by molar-refractivity contribution is 7.98. The van der Waals surface area contributed by atoms with E-state index in [1.165, 1.54) is 5.56 Å². The average molecular weight is 322 g/mol. The van der Waals surface area contributed by atoms with Gasteiger partial charge in [0.2, 0.25) is 0 Å². The molecule has 0 amide bonds. The molecule has 0 atom stereocenters. The zero-order chi connectivity index (χ0) is 15.2. The van der Waals surface area contributed by atoms with E-state index in [0.29, 0.717) is 5.02 Å². The fourth-order valence-corrected chi connectivity index (χ4v) is 3.19. The Balaban J connectivity index is 2.08. The third-order valence-corrected chi connectivity index (χ3v) is 4.17. The van der Waals surface area contributed by atoms with Crippen molar-refractivity contribution in [3.8, 4) is 0 Å². The first-order valence-corrected chi connectivity index (χ1v) is 8.42. The van der Waals surface area contributed by atoms with Gasteiger partial charge in [0.25, 0.3) is 0 Å². The molecule has 2 heterocycles. The van der Waals surface area contributed by atoms with Crippen LogP contribution in [0.25, 0.3) is 0 Å². The first kappa shape index (κ1) is 16.1. The summed E-state index contributed by atoms with van der Waals surface area (Å²) in [6.07, 6.45) is 1.07. The predicted molar refractivity (Wildman–Crippen MR) is 91.3 cm³/mol. The van der Waals surface area contributed by atoms with Crippen LogP contribution in [-0.2, 0) is 5.75 Å². The molecule has 0 fully saturated rings. The predicted octanol–water partition coefficient (Wildman–Crippen LogP) is 4.86. The maximum atomic E-state index is 6.24. The van der Waals surface area contributed by atoms with Gasteiger partial charge >= 0.3 is 0 Å². The molecule has 0 saturated carbocycles. The zero-order valence-electron chi connectivity index (χ0n) is 12.6. The number of aromatic nitrogens is 2. The molecular weight excluding hydrogens is 302 g/mol. The molecule has 2 aromatic heterocycles. The summed E-state index contributed by atoms with van der Waals surface area (Å²) in [5, 5.41) is 5.00. The van der Waals surface area contributed by atoms with Gasteiger partial charge in [-0.2, -0.15) is 0 Å². The Morgan fingerprint density at radius 2 is 2.00 bits per heavy atom. The van der Waals surface area contributed by atoms with Crippen LogP contribution in [0.1, 0.15) is 30.3 Å². The van der Waals surface area contributed by atoms with Crippen LogP contribution in [-0.4, -0.2) is 16.5 Å². The lowest BCUT2D eigenvalue weighted by Gasteiger charge is -2.08. The number of nitrogens with one attached hydrogen (secondary N) is 1. The van der Waals surface area contributed by atoms with Gasteiger partial charge in [-0.3, -0.25) is 0 Å². The maximum Gasteiger partial charge on any atom is 0.126 e. The second-order valence-corrected chi connectivity index (χ2v) is 6.37. The van der Waals surface area contributed by atoms with E-state index in [2.05, 4.69) is 41.3 Å². The van der Waals surface area contributed by atoms with Crippen LogP contribution in [0.4, 0.5) is 5.82 Å². The Hall–Kier alpha value is -1.26. The Morgan fingerprint density at radius 1 is 1.19 bits per heavy atom. The third kappa shape index (κ3) is 4.90. The maximum absolute atomic E-state index is 6.24. The van der Waals surface area contributed by atoms with E-state index in [0.717, 1.165) is 41.0 Å². The number of hydrogen-bond donors (Lipinski definition) is 1. The first-order chi connectivity index (χ1) is 10.1. The van der Waals surface area contributed by atoms with Gasteiger partial charge in [0.1, 0.15) is 5.82 Å². The molecule has 0 spiro atoms. The second kappa shape index (κ2) is 7.66. The Bertz CT molecular complexity index is 596. The number of aryl methyl sites for hydroxylation is 2. The summed E-state index contributed by atoms with van der Waals surface area (Å²) < 4.78 is 0. The summed E-state index contributed by atoms with van der Waals surface area (Å²) in [4.78, 5) is 9.11. The summed E-state index contributed by atoms with van der Waals surface area (Å²) in [6.45, 7) is 7.14. The van der Waals surface area contributed by atoms with Gasteiger partial charge in [0.15, 0.2) is 0 Å². The average Bonchev–Trinajstić information content (AvgIpc) is 2.44. The minimum absolute atomic E-state index is 0.703. The van der Waals surface area contributed by atoms with Gasteiger partial charge in [-0.05, 0) is 50.1 Å². The summed E-state index contributed by atoms with van der Waals surface area (Å²) >= 11 is 7.90. The molecule has 0 aromatic carbocycles. The SMILES string of the molecule is CCCNc1ccc(Cl)c(CSc2cc(C)cc(C)n2)n1. The molecule has 3 nitrogen and oxygen atoms in total. The Morgan fingerprint density at radius 3 is 2.71 bits per heavy atom. The second-order valence-electron chi connectivity index (χ2n) is 4.96. The van der Waals surface area contributed by atoms with Crippen LogP contribution in [0, 0.1) is 13.8 Å². The van der Waals surface area contributed by atoms with Crippen molar-refractivity contribution in [3.05, 3.63) is 46.2 Å². The highest BCUT2D eigenvalue weighted by atomic mass is 35.5. The van der Waals surface area contributed by atoms with Crippen molar-refractivity contribution in [1.82, 2.24) is 9.97 Å². The van der Waals surface area contributed by atoms with Crippen LogP contribution in [0.15, 0.2) is 29.3 Å². The van der Waals surface area contributed by atoms with Gasteiger partial charge in [-0.1, -0.05) is 30.3 Å². The number of hydrogen-bond acceptors (Lipinski definition) is 4. The normalized spacial score (nSPS) is 10.7. The molecule has 0 bridgehead atoms. The Kier molecular flexibility index (Phi) is 5.88. The minimum Gasteiger partial charge on any atom is -0.370 e. The number of anilines is 1. The van der Waals surface area contributed by atoms with E-state index in [4.69, 9.17) is 11.6 Å². The molecule has 21 heavy (non-hydrogen) atoms. The van der Waals surface area contributed by atoms with Gasteiger partial charge in [-0.25, -0.2) is 9.97 Å². The molecule has 0 aliphatic heterocycles. The minimum atomic E-state index is 0.703. The standard InChI is InChI=1S/C16H20ClN3S/c1-4-7-18-15-6-5-13(17)14(20-15)10-21-16-9-11(2)8-12(3)19-16/h5-6,8-9H,4,7,10H2,1-3H3,(H,18,20). The highest BCUT2D eigenvalue weighted by Gasteiger charge is 2.06. The van der Waals surface area contributed by atoms with Crippen molar-refractivity contribution in [2.45, 2.75) is 38.0 Å². The van der Waals surface area contributed by atoms with E-state index >= 15 is 0 Å². The van der Waals surface area contributed by atoms with Crippen molar-refractivity contribution in [1.29, 1.82) is 0 Å². The molecule has 0 radical (unpaired) electrons. The monoisotopic (exact) mass is 321 g/mol. The van der Waals surface area contributed by atoms with Crippen LogP contribution >= 0.6 is 23.4 Å². The molecule has 1 N–H and O–H groups in total. The van der Waals surface area contributed by atoms with E-state index < -0.39 is 0 Å². The molecule has 0 aliphatic carbocycles. The van der Waals surface area contributed by atoms with E-state index in [1.54, 1.807) is 11.8 Å². The highest BCUT2D eigenvalue weighted by Crippen LogP contribution is 2.26. The van der Waals surface area contributed by atoms with Gasteiger partial charge in [-0.15, -0.1) is 0 Å². The molecular formula is C16H20ClN3S. The summed E-state index contributed by atoms with van der Waals surface area (Å²) in [7, 11) is 0. The summed E-state index contributed by atoms with van der Waals surface area (Å²) in [5.41, 5.74) is 3.15. The van der Waals surface area contributed by atoms with Crippen LogP contribution < -0.4 is 5.32 Å². The fourth-order valence-electron chi connectivity index (χ4n) is 1.96. The zero-order valence-corrected chi connectivity index (χ0v) is 14.2. The quantitative estimate of drug-likeness (QED) is 0.771. The first-order valence-electron chi connectivity index (χ1n) is 7.06. The van der Waals surface area contributed by atoms with E-state index in [1.807, 2.05) is 19.1 Å². The number of nitrogens with zero attached hydrogens (tertiary/aromatic N) is 2. The lowest BCUT2D eigenvalue weighted by molar-refractivity contribution is 0.964. The van der Waals surface area contributed by atoms with Gasteiger partial charge < -0.3 is 5.32 Å². The lowest BCUT2D eigenvalue weighted by Crippen LogP contribution is -2.03. The Labute approximate surface area is 135 Å². The molecule has 112 valence electrons. The van der Waals surface area contributed by atoms with Gasteiger partial charge in [0, 0.05) is 18.0 Å². The third-order valence-electron chi connectivity index (χ3n) is 2.91. The largest absolute Gasteiger partial charge is 0.370 e. The van der Waals surface area contributed by atoms with Crippen LogP contribution in [0.2, 0.25) is 5.02 Å². The number of thioether (sulfide) groups is 1. The molecule has 0 aliphatic rings. The molecule has 0 unspecified atom stereocenters. The topological polar surface area (TPSA) is 37.8 Å². The van der Waals surface area contributed by atoms with Crippen molar-refractivity contribution in [3.63, 3.8) is 0 Å². The van der Waals surface area contributed by atoms with Crippen molar-refractivity contribution < 1.29 is 0 Å². The summed E-state index contributed by atoms with van der Waals surface area (Å²) in [6, 6.07) is 7.98. The van der Waals surface area contributed by atoms with Crippen molar-refractivity contribution >= 4 is 29.2 Å². The van der Waals surface area contributed by atoms with Crippen LogP contribution in [0.3, 0.4) is 0 Å². The number of rotatable bonds is 6. The number of pyridine rings is 2. The molecule has 2 aromatic rings. The number of halogens is 1. The van der Waals surface area contributed by atoms with Crippen molar-refractivity contribution in [2.75, 3.05) is 11.9 Å². The van der Waals surface area contributed by atoms with Crippen molar-refractivity contribution in [2.24, 2.45) is 0 Å².